The molecule has 0 aliphatic heterocycles. The minimum atomic E-state index is -0.253. The van der Waals surface area contributed by atoms with Crippen LogP contribution in [0.2, 0.25) is 0 Å². The third kappa shape index (κ3) is 5.62. The number of amides is 2. The van der Waals surface area contributed by atoms with Gasteiger partial charge in [0.05, 0.1) is 0 Å². The first-order valence-corrected chi connectivity index (χ1v) is 8.11. The third-order valence-corrected chi connectivity index (χ3v) is 3.42. The van der Waals surface area contributed by atoms with Crippen LogP contribution in [0.15, 0.2) is 48.5 Å². The summed E-state index contributed by atoms with van der Waals surface area (Å²) in [5.41, 5.74) is 2.98. The molecule has 0 spiro atoms. The average molecular weight is 361 g/mol. The zero-order valence-electron chi connectivity index (χ0n) is 12.6. The molecule has 0 aliphatic rings. The Kier molecular flexibility index (Phi) is 6.68. The quantitative estimate of drug-likeness (QED) is 0.648. The Bertz CT molecular complexity index is 710. The first kappa shape index (κ1) is 17.9. The van der Waals surface area contributed by atoms with Gasteiger partial charge in [0.15, 0.2) is 0 Å². The molecule has 0 radical (unpaired) electrons. The van der Waals surface area contributed by atoms with E-state index in [0.29, 0.717) is 11.4 Å². The standard InChI is InChI=1S/C18H14Cl2N2O2/c19-11-17(23)21-15-7-3-13(4-8-15)1-2-14-5-9-16(10-6-14)22-18(24)12-20/h3-10H,11-12H2,(H,21,23)(H,22,24). The van der Waals surface area contributed by atoms with Crippen molar-refractivity contribution in [1.82, 2.24) is 0 Å². The molecular weight excluding hydrogens is 347 g/mol. The largest absolute Gasteiger partial charge is 0.325 e. The number of rotatable bonds is 4. The minimum Gasteiger partial charge on any atom is -0.325 e. The van der Waals surface area contributed by atoms with Gasteiger partial charge in [0.2, 0.25) is 11.8 Å². The molecule has 0 unspecified atom stereocenters. The van der Waals surface area contributed by atoms with Gasteiger partial charge in [-0.15, -0.1) is 23.2 Å². The van der Waals surface area contributed by atoms with Crippen LogP contribution in [-0.2, 0) is 9.59 Å². The summed E-state index contributed by atoms with van der Waals surface area (Å²) in [4.78, 5) is 22.4. The lowest BCUT2D eigenvalue weighted by atomic mass is 10.1. The second kappa shape index (κ2) is 8.97. The molecule has 0 bridgehead atoms. The van der Waals surface area contributed by atoms with E-state index < -0.39 is 0 Å². The van der Waals surface area contributed by atoms with Crippen LogP contribution in [-0.4, -0.2) is 23.6 Å². The fourth-order valence-electron chi connectivity index (χ4n) is 1.81. The van der Waals surface area contributed by atoms with Gasteiger partial charge < -0.3 is 10.6 Å². The topological polar surface area (TPSA) is 58.2 Å². The monoisotopic (exact) mass is 360 g/mol. The molecule has 4 nitrogen and oxygen atoms in total. The lowest BCUT2D eigenvalue weighted by Crippen LogP contribution is -2.12. The molecule has 2 amide bonds. The van der Waals surface area contributed by atoms with Crippen molar-refractivity contribution in [1.29, 1.82) is 0 Å². The molecule has 2 aromatic rings. The van der Waals surface area contributed by atoms with Gasteiger partial charge in [-0.2, -0.15) is 0 Å². The molecule has 0 saturated carbocycles. The van der Waals surface area contributed by atoms with E-state index >= 15 is 0 Å². The Morgan fingerprint density at radius 3 is 1.33 bits per heavy atom. The predicted octanol–water partition coefficient (Wildman–Crippen LogP) is 3.44. The lowest BCUT2D eigenvalue weighted by molar-refractivity contribution is -0.114. The van der Waals surface area contributed by atoms with E-state index in [2.05, 4.69) is 22.5 Å². The summed E-state index contributed by atoms with van der Waals surface area (Å²) < 4.78 is 0. The zero-order valence-corrected chi connectivity index (χ0v) is 14.1. The Morgan fingerprint density at radius 2 is 1.04 bits per heavy atom. The molecule has 0 fully saturated rings. The minimum absolute atomic E-state index is 0.0805. The van der Waals surface area contributed by atoms with Crippen LogP contribution in [0.3, 0.4) is 0 Å². The van der Waals surface area contributed by atoms with Gasteiger partial charge in [-0.1, -0.05) is 11.8 Å². The maximum absolute atomic E-state index is 11.2. The van der Waals surface area contributed by atoms with Crippen molar-refractivity contribution < 1.29 is 9.59 Å². The summed E-state index contributed by atoms with van der Waals surface area (Å²) in [6.45, 7) is 0. The number of alkyl halides is 2. The van der Waals surface area contributed by atoms with E-state index in [1.807, 2.05) is 24.3 Å². The first-order chi connectivity index (χ1) is 11.6. The van der Waals surface area contributed by atoms with Crippen molar-refractivity contribution in [3.63, 3.8) is 0 Å². The number of benzene rings is 2. The van der Waals surface area contributed by atoms with Crippen molar-refractivity contribution in [2.24, 2.45) is 0 Å². The van der Waals surface area contributed by atoms with Gasteiger partial charge in [-0.3, -0.25) is 9.59 Å². The smallest absolute Gasteiger partial charge is 0.239 e. The average Bonchev–Trinajstić information content (AvgIpc) is 2.62. The van der Waals surface area contributed by atoms with Crippen molar-refractivity contribution in [3.05, 3.63) is 59.7 Å². The van der Waals surface area contributed by atoms with Crippen LogP contribution in [0.1, 0.15) is 11.1 Å². The number of anilines is 2. The van der Waals surface area contributed by atoms with Crippen molar-refractivity contribution in [2.45, 2.75) is 0 Å². The number of carbonyl (C=O) groups excluding carboxylic acids is 2. The summed E-state index contributed by atoms with van der Waals surface area (Å²) in [7, 11) is 0. The second-order valence-corrected chi connectivity index (χ2v) is 5.30. The van der Waals surface area contributed by atoms with E-state index in [1.165, 1.54) is 0 Å². The highest BCUT2D eigenvalue weighted by molar-refractivity contribution is 6.29. The lowest BCUT2D eigenvalue weighted by Gasteiger charge is -2.02. The molecule has 122 valence electrons. The molecule has 0 heterocycles. The van der Waals surface area contributed by atoms with E-state index in [0.717, 1.165) is 11.1 Å². The Morgan fingerprint density at radius 1 is 0.708 bits per heavy atom. The maximum atomic E-state index is 11.2. The number of halogens is 2. The molecule has 2 aromatic carbocycles. The molecule has 0 aliphatic carbocycles. The summed E-state index contributed by atoms with van der Waals surface area (Å²) in [5, 5.41) is 5.31. The van der Waals surface area contributed by atoms with Crippen LogP contribution in [0, 0.1) is 11.8 Å². The van der Waals surface area contributed by atoms with Gasteiger partial charge in [0.1, 0.15) is 11.8 Å². The number of carbonyl (C=O) groups is 2. The van der Waals surface area contributed by atoms with Crippen LogP contribution in [0.4, 0.5) is 11.4 Å². The fourth-order valence-corrected chi connectivity index (χ4v) is 1.94. The normalized spacial score (nSPS) is 9.58. The first-order valence-electron chi connectivity index (χ1n) is 7.04. The zero-order chi connectivity index (χ0) is 17.4. The Hall–Kier alpha value is -2.48. The highest BCUT2D eigenvalue weighted by Gasteiger charge is 2.00. The van der Waals surface area contributed by atoms with Crippen LogP contribution < -0.4 is 10.6 Å². The van der Waals surface area contributed by atoms with Crippen LogP contribution in [0.25, 0.3) is 0 Å². The van der Waals surface area contributed by atoms with E-state index in [1.54, 1.807) is 24.3 Å². The van der Waals surface area contributed by atoms with E-state index in [4.69, 9.17) is 23.2 Å². The molecule has 2 N–H and O–H groups in total. The van der Waals surface area contributed by atoms with Crippen LogP contribution >= 0.6 is 23.2 Å². The van der Waals surface area contributed by atoms with Crippen molar-refractivity contribution in [3.8, 4) is 11.8 Å². The number of hydrogen-bond acceptors (Lipinski definition) is 2. The summed E-state index contributed by atoms with van der Waals surface area (Å²) >= 11 is 10.9. The van der Waals surface area contributed by atoms with Crippen LogP contribution in [0.5, 0.6) is 0 Å². The molecule has 6 heteroatoms. The molecule has 0 saturated heterocycles. The maximum Gasteiger partial charge on any atom is 0.239 e. The molecule has 2 rings (SSSR count). The second-order valence-electron chi connectivity index (χ2n) is 4.77. The number of hydrogen-bond donors (Lipinski definition) is 2. The van der Waals surface area contributed by atoms with Gasteiger partial charge in [0, 0.05) is 22.5 Å². The molecule has 24 heavy (non-hydrogen) atoms. The SMILES string of the molecule is O=C(CCl)Nc1ccc(C#Cc2ccc(NC(=O)CCl)cc2)cc1. The van der Waals surface area contributed by atoms with Gasteiger partial charge in [0.25, 0.3) is 0 Å². The van der Waals surface area contributed by atoms with Crippen molar-refractivity contribution in [2.75, 3.05) is 22.4 Å². The fraction of sp³-hybridized carbons (Fsp3) is 0.111. The predicted molar refractivity (Wildman–Crippen MR) is 97.6 cm³/mol. The highest BCUT2D eigenvalue weighted by Crippen LogP contribution is 2.11. The molecular formula is C18H14Cl2N2O2. The van der Waals surface area contributed by atoms with Gasteiger partial charge in [-0.25, -0.2) is 0 Å². The molecule has 0 atom stereocenters. The van der Waals surface area contributed by atoms with Gasteiger partial charge >= 0.3 is 0 Å². The van der Waals surface area contributed by atoms with Crippen molar-refractivity contribution >= 4 is 46.4 Å². The highest BCUT2D eigenvalue weighted by atomic mass is 35.5. The summed E-state index contributed by atoms with van der Waals surface area (Å²) in [5.74, 6) is 5.39. The molecule has 0 aromatic heterocycles. The summed E-state index contributed by atoms with van der Waals surface area (Å²) in [6, 6.07) is 14.3. The van der Waals surface area contributed by atoms with E-state index in [9.17, 15) is 9.59 Å². The Labute approximate surface area is 150 Å². The Balaban J connectivity index is 2.01. The third-order valence-electron chi connectivity index (χ3n) is 2.93. The summed E-state index contributed by atoms with van der Waals surface area (Å²) in [6.07, 6.45) is 0. The van der Waals surface area contributed by atoms with Gasteiger partial charge in [-0.05, 0) is 48.5 Å². The van der Waals surface area contributed by atoms with E-state index in [-0.39, 0.29) is 23.6 Å². The number of nitrogens with one attached hydrogen (secondary N) is 2.